The smallest absolute Gasteiger partial charge is 0.0609 e. The summed E-state index contributed by atoms with van der Waals surface area (Å²) >= 11 is 0. The van der Waals surface area contributed by atoms with Crippen molar-refractivity contribution in [3.8, 4) is 0 Å². The second-order valence-corrected chi connectivity index (χ2v) is 6.35. The van der Waals surface area contributed by atoms with Crippen LogP contribution in [0.25, 0.3) is 0 Å². The van der Waals surface area contributed by atoms with Crippen LogP contribution in [0.5, 0.6) is 0 Å². The standard InChI is InChI=1S/C15H31NO2/c1-6-7-13-12-14(18-15(2,3)4)8-9-16(13)10-11-17-5/h13-14H,6-12H2,1-5H3. The molecule has 3 heteroatoms. The van der Waals surface area contributed by atoms with E-state index in [1.807, 2.05) is 0 Å². The topological polar surface area (TPSA) is 21.7 Å². The molecule has 1 aliphatic rings. The molecule has 0 saturated carbocycles. The van der Waals surface area contributed by atoms with E-state index < -0.39 is 0 Å². The molecule has 18 heavy (non-hydrogen) atoms. The summed E-state index contributed by atoms with van der Waals surface area (Å²) in [6.07, 6.45) is 5.28. The van der Waals surface area contributed by atoms with Crippen LogP contribution in [0.15, 0.2) is 0 Å². The van der Waals surface area contributed by atoms with Gasteiger partial charge in [0.25, 0.3) is 0 Å². The SMILES string of the molecule is CCCC1CC(OC(C)(C)C)CCN1CCOC. The Hall–Kier alpha value is -0.120. The number of ether oxygens (including phenoxy) is 2. The van der Waals surface area contributed by atoms with Crippen molar-refractivity contribution in [3.63, 3.8) is 0 Å². The number of hydrogen-bond donors (Lipinski definition) is 0. The van der Waals surface area contributed by atoms with E-state index in [0.29, 0.717) is 12.1 Å². The van der Waals surface area contributed by atoms with Crippen LogP contribution in [0.1, 0.15) is 53.4 Å². The van der Waals surface area contributed by atoms with Gasteiger partial charge in [0.2, 0.25) is 0 Å². The zero-order chi connectivity index (χ0) is 13.6. The Kier molecular flexibility index (Phi) is 6.61. The highest BCUT2D eigenvalue weighted by atomic mass is 16.5. The van der Waals surface area contributed by atoms with Crippen LogP contribution in [0.2, 0.25) is 0 Å². The van der Waals surface area contributed by atoms with E-state index in [9.17, 15) is 0 Å². The molecule has 0 aliphatic carbocycles. The monoisotopic (exact) mass is 257 g/mol. The highest BCUT2D eigenvalue weighted by Gasteiger charge is 2.30. The fourth-order valence-electron chi connectivity index (χ4n) is 2.81. The van der Waals surface area contributed by atoms with Gasteiger partial charge in [-0.15, -0.1) is 0 Å². The van der Waals surface area contributed by atoms with Crippen molar-refractivity contribution in [2.45, 2.75) is 71.1 Å². The first-order chi connectivity index (χ1) is 8.46. The third-order valence-corrected chi connectivity index (χ3v) is 3.51. The van der Waals surface area contributed by atoms with Gasteiger partial charge in [-0.1, -0.05) is 13.3 Å². The highest BCUT2D eigenvalue weighted by Crippen LogP contribution is 2.26. The third-order valence-electron chi connectivity index (χ3n) is 3.51. The predicted molar refractivity (Wildman–Crippen MR) is 76.0 cm³/mol. The average molecular weight is 257 g/mol. The Morgan fingerprint density at radius 2 is 2.00 bits per heavy atom. The molecule has 0 aromatic carbocycles. The van der Waals surface area contributed by atoms with Gasteiger partial charge in [0, 0.05) is 26.2 Å². The maximum atomic E-state index is 6.15. The lowest BCUT2D eigenvalue weighted by atomic mass is 9.95. The first-order valence-electron chi connectivity index (χ1n) is 7.37. The fourth-order valence-corrected chi connectivity index (χ4v) is 2.81. The van der Waals surface area contributed by atoms with E-state index in [1.54, 1.807) is 7.11 Å². The Morgan fingerprint density at radius 3 is 2.56 bits per heavy atom. The Labute approximate surface area is 113 Å². The minimum absolute atomic E-state index is 0.0177. The van der Waals surface area contributed by atoms with Gasteiger partial charge in [0.05, 0.1) is 18.3 Å². The number of methoxy groups -OCH3 is 1. The molecule has 0 bridgehead atoms. The van der Waals surface area contributed by atoms with Gasteiger partial charge in [0.15, 0.2) is 0 Å². The van der Waals surface area contributed by atoms with E-state index >= 15 is 0 Å². The zero-order valence-corrected chi connectivity index (χ0v) is 12.9. The van der Waals surface area contributed by atoms with Crippen LogP contribution in [0, 0.1) is 0 Å². The molecule has 0 amide bonds. The van der Waals surface area contributed by atoms with E-state index in [-0.39, 0.29) is 5.60 Å². The number of likely N-dealkylation sites (tertiary alicyclic amines) is 1. The zero-order valence-electron chi connectivity index (χ0n) is 12.9. The van der Waals surface area contributed by atoms with Gasteiger partial charge in [-0.25, -0.2) is 0 Å². The van der Waals surface area contributed by atoms with Gasteiger partial charge in [0.1, 0.15) is 0 Å². The minimum atomic E-state index is -0.0177. The predicted octanol–water partition coefficient (Wildman–Crippen LogP) is 3.08. The number of piperidine rings is 1. The van der Waals surface area contributed by atoms with Crippen LogP contribution in [-0.4, -0.2) is 49.5 Å². The molecular weight excluding hydrogens is 226 g/mol. The van der Waals surface area contributed by atoms with Crippen molar-refractivity contribution in [2.75, 3.05) is 26.8 Å². The van der Waals surface area contributed by atoms with Crippen molar-refractivity contribution in [1.29, 1.82) is 0 Å². The quantitative estimate of drug-likeness (QED) is 0.730. The summed E-state index contributed by atoms with van der Waals surface area (Å²) in [4.78, 5) is 2.58. The first kappa shape index (κ1) is 15.9. The van der Waals surface area contributed by atoms with Gasteiger partial charge in [-0.05, 0) is 40.0 Å². The Bertz CT molecular complexity index is 225. The molecule has 0 N–H and O–H groups in total. The molecular formula is C15H31NO2. The van der Waals surface area contributed by atoms with Gasteiger partial charge < -0.3 is 9.47 Å². The minimum Gasteiger partial charge on any atom is -0.383 e. The molecule has 1 heterocycles. The molecule has 108 valence electrons. The highest BCUT2D eigenvalue weighted by molar-refractivity contribution is 4.83. The number of hydrogen-bond acceptors (Lipinski definition) is 3. The van der Waals surface area contributed by atoms with Crippen LogP contribution in [0.4, 0.5) is 0 Å². The molecule has 0 spiro atoms. The summed E-state index contributed by atoms with van der Waals surface area (Å²) < 4.78 is 11.4. The molecule has 1 rings (SSSR count). The number of nitrogens with zero attached hydrogens (tertiary/aromatic N) is 1. The Morgan fingerprint density at radius 1 is 1.28 bits per heavy atom. The molecule has 2 unspecified atom stereocenters. The maximum Gasteiger partial charge on any atom is 0.0609 e. The van der Waals surface area contributed by atoms with Crippen molar-refractivity contribution in [2.24, 2.45) is 0 Å². The lowest BCUT2D eigenvalue weighted by Gasteiger charge is -2.41. The molecule has 1 aliphatic heterocycles. The molecule has 1 saturated heterocycles. The summed E-state index contributed by atoms with van der Waals surface area (Å²) in [6, 6.07) is 0.672. The van der Waals surface area contributed by atoms with Gasteiger partial charge >= 0.3 is 0 Å². The van der Waals surface area contributed by atoms with Crippen LogP contribution in [0.3, 0.4) is 0 Å². The maximum absolute atomic E-state index is 6.15. The molecule has 3 nitrogen and oxygen atoms in total. The molecule has 1 fully saturated rings. The normalized spacial score (nSPS) is 26.5. The van der Waals surface area contributed by atoms with E-state index in [0.717, 1.165) is 26.1 Å². The van der Waals surface area contributed by atoms with Crippen molar-refractivity contribution >= 4 is 0 Å². The lowest BCUT2D eigenvalue weighted by molar-refractivity contribution is -0.0954. The summed E-state index contributed by atoms with van der Waals surface area (Å²) in [6.45, 7) is 11.8. The largest absolute Gasteiger partial charge is 0.383 e. The van der Waals surface area contributed by atoms with E-state index in [4.69, 9.17) is 9.47 Å². The second kappa shape index (κ2) is 7.46. The molecule has 2 atom stereocenters. The molecule has 0 radical (unpaired) electrons. The van der Waals surface area contributed by atoms with Crippen LogP contribution >= 0.6 is 0 Å². The van der Waals surface area contributed by atoms with Crippen molar-refractivity contribution in [3.05, 3.63) is 0 Å². The van der Waals surface area contributed by atoms with E-state index in [1.165, 1.54) is 19.3 Å². The summed E-state index contributed by atoms with van der Waals surface area (Å²) in [7, 11) is 1.78. The van der Waals surface area contributed by atoms with Crippen LogP contribution < -0.4 is 0 Å². The van der Waals surface area contributed by atoms with Crippen molar-refractivity contribution in [1.82, 2.24) is 4.90 Å². The van der Waals surface area contributed by atoms with Crippen molar-refractivity contribution < 1.29 is 9.47 Å². The molecule has 0 aromatic heterocycles. The number of rotatable bonds is 6. The average Bonchev–Trinajstić information content (AvgIpc) is 2.26. The lowest BCUT2D eigenvalue weighted by Crippen LogP contribution is -2.47. The van der Waals surface area contributed by atoms with Gasteiger partial charge in [-0.3, -0.25) is 4.90 Å². The summed E-state index contributed by atoms with van der Waals surface area (Å²) in [5.74, 6) is 0. The van der Waals surface area contributed by atoms with E-state index in [2.05, 4.69) is 32.6 Å². The summed E-state index contributed by atoms with van der Waals surface area (Å²) in [5.41, 5.74) is -0.0177. The second-order valence-electron chi connectivity index (χ2n) is 6.35. The molecule has 0 aromatic rings. The third kappa shape index (κ3) is 5.68. The van der Waals surface area contributed by atoms with Gasteiger partial charge in [-0.2, -0.15) is 0 Å². The Balaban J connectivity index is 2.48. The van der Waals surface area contributed by atoms with Crippen LogP contribution in [-0.2, 0) is 9.47 Å². The first-order valence-corrected chi connectivity index (χ1v) is 7.37. The summed E-state index contributed by atoms with van der Waals surface area (Å²) in [5, 5.41) is 0. The fraction of sp³-hybridized carbons (Fsp3) is 1.00.